The van der Waals surface area contributed by atoms with Gasteiger partial charge in [0.25, 0.3) is 10.1 Å². The number of ether oxygens (including phenoxy) is 1. The number of hydrogen-bond acceptors (Lipinski definition) is 5. The Morgan fingerprint density at radius 3 is 2.53 bits per heavy atom. The van der Waals surface area contributed by atoms with Gasteiger partial charge in [0, 0.05) is 19.0 Å². The van der Waals surface area contributed by atoms with Gasteiger partial charge in [0.05, 0.1) is 12.4 Å². The minimum absolute atomic E-state index is 0.0322. The van der Waals surface area contributed by atoms with Crippen molar-refractivity contribution in [1.82, 2.24) is 4.90 Å². The first-order valence-electron chi connectivity index (χ1n) is 6.48. The molecule has 112 valence electrons. The molecule has 0 unspecified atom stereocenters. The van der Waals surface area contributed by atoms with Gasteiger partial charge in [0.2, 0.25) is 0 Å². The van der Waals surface area contributed by atoms with Crippen LogP contribution in [0, 0.1) is 5.92 Å². The third kappa shape index (κ3) is 5.78. The molecule has 19 heavy (non-hydrogen) atoms. The molecule has 1 heterocycles. The first kappa shape index (κ1) is 16.2. The number of likely N-dealkylation sites (tertiary alicyclic amines) is 1. The number of carbonyl (C=O) groups is 1. The van der Waals surface area contributed by atoms with E-state index in [-0.39, 0.29) is 24.4 Å². The maximum absolute atomic E-state index is 11.8. The summed E-state index contributed by atoms with van der Waals surface area (Å²) >= 11 is 0. The smallest absolute Gasteiger partial charge is 0.410 e. The normalized spacial score (nSPS) is 20.6. The quantitative estimate of drug-likeness (QED) is 0.736. The predicted octanol–water partition coefficient (Wildman–Crippen LogP) is 1.61. The van der Waals surface area contributed by atoms with E-state index in [9.17, 15) is 13.2 Å². The van der Waals surface area contributed by atoms with E-state index in [1.165, 1.54) is 6.92 Å². The molecule has 0 saturated carbocycles. The maximum Gasteiger partial charge on any atom is 0.410 e. The van der Waals surface area contributed by atoms with Crippen molar-refractivity contribution in [3.8, 4) is 0 Å². The Morgan fingerprint density at radius 2 is 2.00 bits per heavy atom. The molecule has 6 nitrogen and oxygen atoms in total. The van der Waals surface area contributed by atoms with Crippen molar-refractivity contribution in [1.29, 1.82) is 0 Å². The predicted molar refractivity (Wildman–Crippen MR) is 71.3 cm³/mol. The standard InChI is InChI=1S/C12H23NO5S/c1-5-19(15,16)17-9-10-6-7-13(8-10)11(14)18-12(2,3)4/h10H,5-9H2,1-4H3/t10-/m1/s1. The van der Waals surface area contributed by atoms with Crippen LogP contribution in [0.3, 0.4) is 0 Å². The van der Waals surface area contributed by atoms with Crippen molar-refractivity contribution in [2.45, 2.75) is 39.7 Å². The number of rotatable bonds is 4. The lowest BCUT2D eigenvalue weighted by atomic mass is 10.1. The summed E-state index contributed by atoms with van der Waals surface area (Å²) in [5.41, 5.74) is -0.517. The van der Waals surface area contributed by atoms with Gasteiger partial charge in [0.15, 0.2) is 0 Å². The molecule has 0 aliphatic carbocycles. The lowest BCUT2D eigenvalue weighted by Gasteiger charge is -2.24. The van der Waals surface area contributed by atoms with Crippen molar-refractivity contribution in [3.63, 3.8) is 0 Å². The Balaban J connectivity index is 2.40. The summed E-state index contributed by atoms with van der Waals surface area (Å²) in [6.07, 6.45) is 0.381. The van der Waals surface area contributed by atoms with E-state index < -0.39 is 15.7 Å². The topological polar surface area (TPSA) is 72.9 Å². The third-order valence-corrected chi connectivity index (χ3v) is 3.98. The molecule has 0 aromatic heterocycles. The van der Waals surface area contributed by atoms with Gasteiger partial charge in [-0.05, 0) is 34.1 Å². The van der Waals surface area contributed by atoms with Crippen molar-refractivity contribution in [2.24, 2.45) is 5.92 Å². The highest BCUT2D eigenvalue weighted by Gasteiger charge is 2.30. The minimum Gasteiger partial charge on any atom is -0.444 e. The van der Waals surface area contributed by atoms with E-state index in [4.69, 9.17) is 8.92 Å². The van der Waals surface area contributed by atoms with E-state index >= 15 is 0 Å². The fourth-order valence-electron chi connectivity index (χ4n) is 1.74. The zero-order chi connectivity index (χ0) is 14.7. The van der Waals surface area contributed by atoms with Gasteiger partial charge in [-0.2, -0.15) is 8.42 Å². The molecule has 0 N–H and O–H groups in total. The minimum atomic E-state index is -3.41. The Bertz CT molecular complexity index is 412. The third-order valence-electron chi connectivity index (χ3n) is 2.77. The van der Waals surface area contributed by atoms with Gasteiger partial charge in [-0.15, -0.1) is 0 Å². The molecule has 0 spiro atoms. The zero-order valence-electron chi connectivity index (χ0n) is 12.0. The highest BCUT2D eigenvalue weighted by molar-refractivity contribution is 7.86. The van der Waals surface area contributed by atoms with Crippen LogP contribution in [0.4, 0.5) is 4.79 Å². The molecule has 1 atom stereocenters. The van der Waals surface area contributed by atoms with Gasteiger partial charge in [0.1, 0.15) is 5.60 Å². The highest BCUT2D eigenvalue weighted by Crippen LogP contribution is 2.20. The summed E-state index contributed by atoms with van der Waals surface area (Å²) in [6.45, 7) is 8.18. The molecule has 1 rings (SSSR count). The molecule has 1 amide bonds. The molecule has 0 aromatic rings. The summed E-state index contributed by atoms with van der Waals surface area (Å²) < 4.78 is 32.6. The van der Waals surface area contributed by atoms with Crippen LogP contribution >= 0.6 is 0 Å². The Hall–Kier alpha value is -0.820. The fraction of sp³-hybridized carbons (Fsp3) is 0.917. The molecule has 1 aliphatic heterocycles. The van der Waals surface area contributed by atoms with E-state index in [0.29, 0.717) is 13.1 Å². The van der Waals surface area contributed by atoms with Gasteiger partial charge in [-0.25, -0.2) is 4.79 Å². The summed E-state index contributed by atoms with van der Waals surface area (Å²) in [5.74, 6) is 0.0176. The van der Waals surface area contributed by atoms with Gasteiger partial charge >= 0.3 is 6.09 Å². The molecule has 0 aromatic carbocycles. The molecule has 1 aliphatic rings. The van der Waals surface area contributed by atoms with E-state index in [1.54, 1.807) is 4.90 Å². The number of carbonyl (C=O) groups excluding carboxylic acids is 1. The zero-order valence-corrected chi connectivity index (χ0v) is 12.8. The largest absolute Gasteiger partial charge is 0.444 e. The number of amides is 1. The Morgan fingerprint density at radius 1 is 1.37 bits per heavy atom. The van der Waals surface area contributed by atoms with Crippen LogP contribution in [0.1, 0.15) is 34.1 Å². The first-order valence-corrected chi connectivity index (χ1v) is 8.05. The second-order valence-electron chi connectivity index (χ2n) is 5.71. The SMILES string of the molecule is CCS(=O)(=O)OC[C@@H]1CCN(C(=O)OC(C)(C)C)C1. The molecule has 1 fully saturated rings. The van der Waals surface area contributed by atoms with Crippen LogP contribution < -0.4 is 0 Å². The van der Waals surface area contributed by atoms with E-state index in [1.807, 2.05) is 20.8 Å². The van der Waals surface area contributed by atoms with Crippen molar-refractivity contribution in [2.75, 3.05) is 25.4 Å². The average Bonchev–Trinajstić information content (AvgIpc) is 2.73. The van der Waals surface area contributed by atoms with Crippen LogP contribution in [0.5, 0.6) is 0 Å². The average molecular weight is 293 g/mol. The molecule has 1 saturated heterocycles. The van der Waals surface area contributed by atoms with E-state index in [2.05, 4.69) is 0 Å². The summed E-state index contributed by atoms with van der Waals surface area (Å²) in [4.78, 5) is 13.4. The van der Waals surface area contributed by atoms with Crippen LogP contribution in [0.15, 0.2) is 0 Å². The van der Waals surface area contributed by atoms with Crippen LogP contribution in [0.2, 0.25) is 0 Å². The molecule has 0 radical (unpaired) electrons. The number of hydrogen-bond donors (Lipinski definition) is 0. The van der Waals surface area contributed by atoms with Gasteiger partial charge in [-0.1, -0.05) is 0 Å². The van der Waals surface area contributed by atoms with Crippen molar-refractivity contribution in [3.05, 3.63) is 0 Å². The fourth-order valence-corrected chi connectivity index (χ4v) is 2.31. The molecular formula is C12H23NO5S. The summed E-state index contributed by atoms with van der Waals surface area (Å²) in [5, 5.41) is 0. The van der Waals surface area contributed by atoms with Crippen molar-refractivity contribution >= 4 is 16.2 Å². The monoisotopic (exact) mass is 293 g/mol. The van der Waals surface area contributed by atoms with E-state index in [0.717, 1.165) is 6.42 Å². The molecular weight excluding hydrogens is 270 g/mol. The first-order chi connectivity index (χ1) is 8.63. The van der Waals surface area contributed by atoms with Crippen molar-refractivity contribution < 1.29 is 22.1 Å². The van der Waals surface area contributed by atoms with Gasteiger partial charge < -0.3 is 9.64 Å². The Kier molecular flexibility index (Phi) is 5.20. The number of nitrogens with zero attached hydrogens (tertiary/aromatic N) is 1. The molecule has 7 heteroatoms. The molecule has 0 bridgehead atoms. The van der Waals surface area contributed by atoms with Gasteiger partial charge in [-0.3, -0.25) is 4.18 Å². The maximum atomic E-state index is 11.8. The van der Waals surface area contributed by atoms with Crippen LogP contribution in [-0.4, -0.2) is 50.5 Å². The Labute approximate surface area is 115 Å². The highest BCUT2D eigenvalue weighted by atomic mass is 32.2. The second kappa shape index (κ2) is 6.09. The summed E-state index contributed by atoms with van der Waals surface area (Å²) in [7, 11) is -3.41. The lowest BCUT2D eigenvalue weighted by molar-refractivity contribution is 0.0285. The summed E-state index contributed by atoms with van der Waals surface area (Å²) in [6, 6.07) is 0. The van der Waals surface area contributed by atoms with Crippen LogP contribution in [0.25, 0.3) is 0 Å². The second-order valence-corrected chi connectivity index (χ2v) is 7.64. The lowest BCUT2D eigenvalue weighted by Crippen LogP contribution is -2.35. The van der Waals surface area contributed by atoms with Crippen LogP contribution in [-0.2, 0) is 19.0 Å².